The van der Waals surface area contributed by atoms with Crippen LogP contribution in [-0.2, 0) is 16.1 Å². The van der Waals surface area contributed by atoms with Gasteiger partial charge in [-0.25, -0.2) is 4.79 Å². The zero-order valence-electron chi connectivity index (χ0n) is 13.9. The molecule has 0 atom stereocenters. The van der Waals surface area contributed by atoms with Crippen LogP contribution in [0, 0.1) is 0 Å². The van der Waals surface area contributed by atoms with Gasteiger partial charge in [0.2, 0.25) is 5.91 Å². The number of hydrogen-bond acceptors (Lipinski definition) is 3. The van der Waals surface area contributed by atoms with Crippen LogP contribution in [0.5, 0.6) is 0 Å². The Balaban J connectivity index is 1.78. The van der Waals surface area contributed by atoms with Gasteiger partial charge in [0, 0.05) is 32.6 Å². The first-order chi connectivity index (χ1) is 11.2. The topological polar surface area (TPSA) is 49.9 Å². The van der Waals surface area contributed by atoms with Gasteiger partial charge in [-0.15, -0.1) is 0 Å². The fraction of sp³-hybridized carbons (Fsp3) is 0.556. The molecule has 0 spiro atoms. The number of unbranched alkanes of at least 4 members (excludes halogenated alkanes) is 1. The van der Waals surface area contributed by atoms with Gasteiger partial charge in [0.05, 0.1) is 0 Å². The Labute approximate surface area is 138 Å². The molecule has 0 bridgehead atoms. The van der Waals surface area contributed by atoms with Crippen LogP contribution in [0.1, 0.15) is 38.2 Å². The van der Waals surface area contributed by atoms with Crippen LogP contribution in [0.3, 0.4) is 0 Å². The van der Waals surface area contributed by atoms with Gasteiger partial charge in [0.25, 0.3) is 0 Å². The molecule has 126 valence electrons. The van der Waals surface area contributed by atoms with E-state index in [-0.39, 0.29) is 18.6 Å². The Hall–Kier alpha value is -2.04. The molecule has 2 amide bonds. The molecule has 1 fully saturated rings. The summed E-state index contributed by atoms with van der Waals surface area (Å²) >= 11 is 0. The molecular formula is C18H26N2O3. The molecular weight excluding hydrogens is 292 g/mol. The molecule has 0 N–H and O–H groups in total. The van der Waals surface area contributed by atoms with E-state index in [1.807, 2.05) is 35.2 Å². The first-order valence-electron chi connectivity index (χ1n) is 8.44. The summed E-state index contributed by atoms with van der Waals surface area (Å²) in [7, 11) is 0. The Morgan fingerprint density at radius 3 is 2.48 bits per heavy atom. The SMILES string of the molecule is CCCCC(=O)N1CCCN(C(=O)OCc2ccccc2)CC1. The number of benzene rings is 1. The van der Waals surface area contributed by atoms with Crippen molar-refractivity contribution in [3.05, 3.63) is 35.9 Å². The zero-order chi connectivity index (χ0) is 16.5. The number of rotatable bonds is 5. The van der Waals surface area contributed by atoms with Crippen LogP contribution in [-0.4, -0.2) is 48.0 Å². The lowest BCUT2D eigenvalue weighted by Gasteiger charge is -2.22. The molecule has 1 aliphatic rings. The van der Waals surface area contributed by atoms with Gasteiger partial charge in [-0.1, -0.05) is 43.7 Å². The van der Waals surface area contributed by atoms with Crippen LogP contribution < -0.4 is 0 Å². The number of carbonyl (C=O) groups excluding carboxylic acids is 2. The summed E-state index contributed by atoms with van der Waals surface area (Å²) in [6, 6.07) is 9.65. The fourth-order valence-electron chi connectivity index (χ4n) is 2.65. The zero-order valence-corrected chi connectivity index (χ0v) is 13.9. The lowest BCUT2D eigenvalue weighted by atomic mass is 10.2. The van der Waals surface area contributed by atoms with E-state index in [9.17, 15) is 9.59 Å². The standard InChI is InChI=1S/C18H26N2O3/c1-2-3-10-17(21)19-11-7-12-20(14-13-19)18(22)23-15-16-8-5-4-6-9-16/h4-6,8-9H,2-3,7,10-15H2,1H3. The van der Waals surface area contributed by atoms with Gasteiger partial charge in [0.15, 0.2) is 0 Å². The maximum atomic E-state index is 12.2. The molecule has 23 heavy (non-hydrogen) atoms. The smallest absolute Gasteiger partial charge is 0.410 e. The van der Waals surface area contributed by atoms with Gasteiger partial charge < -0.3 is 14.5 Å². The molecule has 1 aromatic carbocycles. The van der Waals surface area contributed by atoms with E-state index in [1.165, 1.54) is 0 Å². The lowest BCUT2D eigenvalue weighted by molar-refractivity contribution is -0.131. The van der Waals surface area contributed by atoms with Crippen LogP contribution in [0.2, 0.25) is 0 Å². The summed E-state index contributed by atoms with van der Waals surface area (Å²) in [6.45, 7) is 4.89. The van der Waals surface area contributed by atoms with Gasteiger partial charge in [-0.05, 0) is 18.4 Å². The van der Waals surface area contributed by atoms with Gasteiger partial charge in [0.1, 0.15) is 6.61 Å². The first kappa shape index (κ1) is 17.3. The maximum Gasteiger partial charge on any atom is 0.410 e. The third-order valence-electron chi connectivity index (χ3n) is 4.06. The summed E-state index contributed by atoms with van der Waals surface area (Å²) in [6.07, 6.45) is 3.07. The van der Waals surface area contributed by atoms with Crippen molar-refractivity contribution >= 4 is 12.0 Å². The van der Waals surface area contributed by atoms with E-state index in [0.29, 0.717) is 26.1 Å². The minimum atomic E-state index is -0.295. The number of amides is 2. The van der Waals surface area contributed by atoms with Gasteiger partial charge in [-0.2, -0.15) is 0 Å². The molecule has 0 aliphatic carbocycles. The minimum Gasteiger partial charge on any atom is -0.445 e. The van der Waals surface area contributed by atoms with Crippen molar-refractivity contribution in [1.29, 1.82) is 0 Å². The molecule has 1 aromatic rings. The summed E-state index contributed by atoms with van der Waals surface area (Å²) in [5.41, 5.74) is 0.979. The highest BCUT2D eigenvalue weighted by Gasteiger charge is 2.22. The third kappa shape index (κ3) is 5.58. The first-order valence-corrected chi connectivity index (χ1v) is 8.44. The van der Waals surface area contributed by atoms with Crippen molar-refractivity contribution in [3.63, 3.8) is 0 Å². The Morgan fingerprint density at radius 2 is 1.74 bits per heavy atom. The summed E-state index contributed by atoms with van der Waals surface area (Å²) < 4.78 is 5.37. The van der Waals surface area contributed by atoms with E-state index < -0.39 is 0 Å². The van der Waals surface area contributed by atoms with Crippen molar-refractivity contribution in [1.82, 2.24) is 9.80 Å². The Kier molecular flexibility index (Phi) is 6.91. The monoisotopic (exact) mass is 318 g/mol. The van der Waals surface area contributed by atoms with E-state index in [2.05, 4.69) is 6.92 Å². The van der Waals surface area contributed by atoms with Crippen LogP contribution in [0.25, 0.3) is 0 Å². The lowest BCUT2D eigenvalue weighted by Crippen LogP contribution is -2.37. The highest BCUT2D eigenvalue weighted by atomic mass is 16.6. The quantitative estimate of drug-likeness (QED) is 0.838. The number of hydrogen-bond donors (Lipinski definition) is 0. The number of ether oxygens (including phenoxy) is 1. The van der Waals surface area contributed by atoms with Crippen molar-refractivity contribution in [2.45, 2.75) is 39.2 Å². The number of carbonyl (C=O) groups is 2. The maximum absolute atomic E-state index is 12.2. The van der Waals surface area contributed by atoms with Crippen LogP contribution in [0.15, 0.2) is 30.3 Å². The van der Waals surface area contributed by atoms with Gasteiger partial charge in [-0.3, -0.25) is 4.79 Å². The molecule has 0 saturated carbocycles. The highest BCUT2D eigenvalue weighted by Crippen LogP contribution is 2.09. The minimum absolute atomic E-state index is 0.200. The van der Waals surface area contributed by atoms with Crippen molar-refractivity contribution in [2.24, 2.45) is 0 Å². The second-order valence-electron chi connectivity index (χ2n) is 5.87. The van der Waals surface area contributed by atoms with Crippen molar-refractivity contribution in [2.75, 3.05) is 26.2 Å². The molecule has 1 aliphatic heterocycles. The highest BCUT2D eigenvalue weighted by molar-refractivity contribution is 5.76. The molecule has 5 heteroatoms. The largest absolute Gasteiger partial charge is 0.445 e. The van der Waals surface area contributed by atoms with Gasteiger partial charge >= 0.3 is 6.09 Å². The molecule has 0 radical (unpaired) electrons. The Bertz CT molecular complexity index is 504. The van der Waals surface area contributed by atoms with Crippen molar-refractivity contribution in [3.8, 4) is 0 Å². The second-order valence-corrected chi connectivity index (χ2v) is 5.87. The Morgan fingerprint density at radius 1 is 1.04 bits per heavy atom. The molecule has 1 saturated heterocycles. The van der Waals surface area contributed by atoms with E-state index in [1.54, 1.807) is 4.90 Å². The average Bonchev–Trinajstić information content (AvgIpc) is 2.84. The third-order valence-corrected chi connectivity index (χ3v) is 4.06. The molecule has 2 rings (SSSR count). The van der Waals surface area contributed by atoms with Crippen molar-refractivity contribution < 1.29 is 14.3 Å². The summed E-state index contributed by atoms with van der Waals surface area (Å²) in [5, 5.41) is 0. The predicted octanol–water partition coefficient (Wildman–Crippen LogP) is 3.05. The second kappa shape index (κ2) is 9.18. The van der Waals surface area contributed by atoms with E-state index in [4.69, 9.17) is 4.74 Å². The molecule has 5 nitrogen and oxygen atoms in total. The summed E-state index contributed by atoms with van der Waals surface area (Å²) in [4.78, 5) is 27.8. The van der Waals surface area contributed by atoms with Crippen LogP contribution >= 0.6 is 0 Å². The van der Waals surface area contributed by atoms with Crippen LogP contribution in [0.4, 0.5) is 4.79 Å². The number of nitrogens with zero attached hydrogens (tertiary/aromatic N) is 2. The summed E-state index contributed by atoms with van der Waals surface area (Å²) in [5.74, 6) is 0.200. The normalized spacial score (nSPS) is 15.2. The van der Waals surface area contributed by atoms with E-state index in [0.717, 1.165) is 31.4 Å². The predicted molar refractivity (Wildman–Crippen MR) is 88.9 cm³/mol. The molecule has 1 heterocycles. The fourth-order valence-corrected chi connectivity index (χ4v) is 2.65. The van der Waals surface area contributed by atoms with E-state index >= 15 is 0 Å². The average molecular weight is 318 g/mol. The molecule has 0 unspecified atom stereocenters. The molecule has 0 aromatic heterocycles.